The number of nitrogens with zero attached hydrogens (tertiary/aromatic N) is 1. The van der Waals surface area contributed by atoms with E-state index in [1.165, 1.54) is 6.20 Å². The van der Waals surface area contributed by atoms with Crippen LogP contribution in [0.15, 0.2) is 12.3 Å². The lowest BCUT2D eigenvalue weighted by Crippen LogP contribution is -2.22. The molecule has 1 amide bonds. The first-order valence-corrected chi connectivity index (χ1v) is 4.84. The predicted octanol–water partition coefficient (Wildman–Crippen LogP) is 0.727. The third kappa shape index (κ3) is 2.01. The molecular formula is C10H14N4O. The summed E-state index contributed by atoms with van der Waals surface area (Å²) >= 11 is 0. The van der Waals surface area contributed by atoms with Gasteiger partial charge in [0.15, 0.2) is 0 Å². The molecule has 1 saturated carbocycles. The number of hydrogen-bond acceptors (Lipinski definition) is 4. The van der Waals surface area contributed by atoms with Crippen LogP contribution < -0.4 is 16.8 Å². The number of nitrogen functional groups attached to an aromatic ring is 1. The number of amides is 1. The summed E-state index contributed by atoms with van der Waals surface area (Å²) in [5, 5.41) is 3.20. The van der Waals surface area contributed by atoms with Crippen molar-refractivity contribution in [1.29, 1.82) is 0 Å². The molecule has 0 bridgehead atoms. The molecule has 0 aromatic carbocycles. The van der Waals surface area contributed by atoms with E-state index in [0.29, 0.717) is 17.1 Å². The minimum absolute atomic E-state index is 0.0628. The maximum atomic E-state index is 11.2. The molecule has 5 N–H and O–H groups in total. The van der Waals surface area contributed by atoms with Gasteiger partial charge in [0.2, 0.25) is 0 Å². The Bertz CT molecular complexity index is 412. The van der Waals surface area contributed by atoms with Crippen LogP contribution in [0.1, 0.15) is 30.1 Å². The molecule has 0 radical (unpaired) electrons. The smallest absolute Gasteiger partial charge is 0.252 e. The second-order valence-corrected chi connectivity index (χ2v) is 4.21. The summed E-state index contributed by atoms with van der Waals surface area (Å²) in [5.74, 6) is 0.0123. The van der Waals surface area contributed by atoms with Gasteiger partial charge in [-0.2, -0.15) is 0 Å². The Morgan fingerprint density at radius 3 is 2.80 bits per heavy atom. The summed E-state index contributed by atoms with van der Waals surface area (Å²) in [6, 6.07) is 1.55. The van der Waals surface area contributed by atoms with Crippen molar-refractivity contribution in [3.05, 3.63) is 17.8 Å². The molecule has 1 aromatic heterocycles. The molecule has 0 aliphatic heterocycles. The Labute approximate surface area is 87.9 Å². The largest absolute Gasteiger partial charge is 0.397 e. The highest BCUT2D eigenvalue weighted by Gasteiger charge is 2.38. The molecule has 0 unspecified atom stereocenters. The van der Waals surface area contributed by atoms with Gasteiger partial charge in [-0.25, -0.2) is 4.98 Å². The molecule has 0 atom stereocenters. The van der Waals surface area contributed by atoms with E-state index in [-0.39, 0.29) is 5.54 Å². The standard InChI is InChI=1S/C10H14N4O/c1-10(2-3-10)14-9-7(8(12)15)4-6(11)5-13-9/h4-5H,2-3,11H2,1H3,(H2,12,15)(H,13,14). The molecule has 1 aromatic rings. The van der Waals surface area contributed by atoms with Gasteiger partial charge in [-0.1, -0.05) is 0 Å². The average molecular weight is 206 g/mol. The van der Waals surface area contributed by atoms with Gasteiger partial charge in [-0.3, -0.25) is 4.79 Å². The molecular weight excluding hydrogens is 192 g/mol. The van der Waals surface area contributed by atoms with E-state index in [1.54, 1.807) is 6.07 Å². The zero-order valence-corrected chi connectivity index (χ0v) is 8.58. The van der Waals surface area contributed by atoms with E-state index in [0.717, 1.165) is 12.8 Å². The Hall–Kier alpha value is -1.78. The highest BCUT2D eigenvalue weighted by Crippen LogP contribution is 2.38. The maximum absolute atomic E-state index is 11.2. The topological polar surface area (TPSA) is 94.0 Å². The van der Waals surface area contributed by atoms with Gasteiger partial charge in [0.25, 0.3) is 5.91 Å². The first-order chi connectivity index (χ1) is 7.00. The van der Waals surface area contributed by atoms with Crippen LogP contribution in [-0.2, 0) is 0 Å². The van der Waals surface area contributed by atoms with Crippen molar-refractivity contribution in [2.75, 3.05) is 11.1 Å². The molecule has 0 saturated heterocycles. The number of primary amides is 1. The lowest BCUT2D eigenvalue weighted by molar-refractivity contribution is 0.100. The molecule has 5 nitrogen and oxygen atoms in total. The third-order valence-electron chi connectivity index (χ3n) is 2.59. The number of hydrogen-bond donors (Lipinski definition) is 3. The van der Waals surface area contributed by atoms with Crippen LogP contribution in [0.5, 0.6) is 0 Å². The van der Waals surface area contributed by atoms with Crippen LogP contribution >= 0.6 is 0 Å². The van der Waals surface area contributed by atoms with Crippen LogP contribution in [0.2, 0.25) is 0 Å². The second kappa shape index (κ2) is 3.12. The van der Waals surface area contributed by atoms with Crippen LogP contribution in [0.25, 0.3) is 0 Å². The van der Waals surface area contributed by atoms with Crippen molar-refractivity contribution in [1.82, 2.24) is 4.98 Å². The Kier molecular flexibility index (Phi) is 2.03. The fraction of sp³-hybridized carbons (Fsp3) is 0.400. The second-order valence-electron chi connectivity index (χ2n) is 4.21. The number of nitrogens with one attached hydrogen (secondary N) is 1. The number of anilines is 2. The lowest BCUT2D eigenvalue weighted by Gasteiger charge is -2.14. The molecule has 15 heavy (non-hydrogen) atoms. The van der Waals surface area contributed by atoms with Crippen molar-refractivity contribution < 1.29 is 4.79 Å². The summed E-state index contributed by atoms with van der Waals surface area (Å²) in [6.45, 7) is 2.08. The zero-order chi connectivity index (χ0) is 11.1. The fourth-order valence-corrected chi connectivity index (χ4v) is 1.37. The minimum Gasteiger partial charge on any atom is -0.397 e. The Morgan fingerprint density at radius 1 is 1.60 bits per heavy atom. The monoisotopic (exact) mass is 206 g/mol. The van der Waals surface area contributed by atoms with Crippen molar-refractivity contribution in [2.24, 2.45) is 5.73 Å². The van der Waals surface area contributed by atoms with E-state index >= 15 is 0 Å². The third-order valence-corrected chi connectivity index (χ3v) is 2.59. The van der Waals surface area contributed by atoms with Gasteiger partial charge in [0, 0.05) is 5.54 Å². The number of nitrogens with two attached hydrogens (primary N) is 2. The SMILES string of the molecule is CC1(Nc2ncc(N)cc2C(N)=O)CC1. The van der Waals surface area contributed by atoms with Crippen LogP contribution in [-0.4, -0.2) is 16.4 Å². The fourth-order valence-electron chi connectivity index (χ4n) is 1.37. The van der Waals surface area contributed by atoms with Gasteiger partial charge in [-0.15, -0.1) is 0 Å². The van der Waals surface area contributed by atoms with Gasteiger partial charge in [-0.05, 0) is 25.8 Å². The summed E-state index contributed by atoms with van der Waals surface area (Å²) < 4.78 is 0. The highest BCUT2D eigenvalue weighted by molar-refractivity contribution is 5.98. The first-order valence-electron chi connectivity index (χ1n) is 4.84. The normalized spacial score (nSPS) is 17.1. The zero-order valence-electron chi connectivity index (χ0n) is 8.58. The van der Waals surface area contributed by atoms with Gasteiger partial charge in [0.1, 0.15) is 5.82 Å². The van der Waals surface area contributed by atoms with Gasteiger partial charge >= 0.3 is 0 Å². The van der Waals surface area contributed by atoms with Crippen molar-refractivity contribution in [2.45, 2.75) is 25.3 Å². The van der Waals surface area contributed by atoms with E-state index in [9.17, 15) is 4.79 Å². The van der Waals surface area contributed by atoms with E-state index < -0.39 is 5.91 Å². The molecule has 2 rings (SSSR count). The molecule has 0 spiro atoms. The molecule has 1 aliphatic carbocycles. The van der Waals surface area contributed by atoms with E-state index in [4.69, 9.17) is 11.5 Å². The Morgan fingerprint density at radius 2 is 2.27 bits per heavy atom. The number of carbonyl (C=O) groups is 1. The molecule has 1 heterocycles. The molecule has 1 aliphatic rings. The predicted molar refractivity (Wildman–Crippen MR) is 58.4 cm³/mol. The minimum atomic E-state index is -0.512. The number of carbonyl (C=O) groups excluding carboxylic acids is 1. The maximum Gasteiger partial charge on any atom is 0.252 e. The molecule has 5 heteroatoms. The number of pyridine rings is 1. The van der Waals surface area contributed by atoms with Crippen LogP contribution in [0, 0.1) is 0 Å². The molecule has 80 valence electrons. The van der Waals surface area contributed by atoms with E-state index in [2.05, 4.69) is 17.2 Å². The summed E-state index contributed by atoms with van der Waals surface area (Å²) in [5.41, 5.74) is 11.6. The van der Waals surface area contributed by atoms with Crippen LogP contribution in [0.3, 0.4) is 0 Å². The van der Waals surface area contributed by atoms with Crippen molar-refractivity contribution in [3.63, 3.8) is 0 Å². The molecule has 1 fully saturated rings. The van der Waals surface area contributed by atoms with Gasteiger partial charge in [0.05, 0.1) is 17.4 Å². The summed E-state index contributed by atoms with van der Waals surface area (Å²) in [4.78, 5) is 15.3. The summed E-state index contributed by atoms with van der Waals surface area (Å²) in [6.07, 6.45) is 3.68. The van der Waals surface area contributed by atoms with Crippen LogP contribution in [0.4, 0.5) is 11.5 Å². The Balaban J connectivity index is 2.32. The van der Waals surface area contributed by atoms with Gasteiger partial charge < -0.3 is 16.8 Å². The number of rotatable bonds is 3. The van der Waals surface area contributed by atoms with E-state index in [1.807, 2.05) is 0 Å². The number of aromatic nitrogens is 1. The average Bonchev–Trinajstić information content (AvgIpc) is 2.87. The quantitative estimate of drug-likeness (QED) is 0.679. The lowest BCUT2D eigenvalue weighted by atomic mass is 10.2. The first kappa shape index (κ1) is 9.76. The van der Waals surface area contributed by atoms with Crippen molar-refractivity contribution in [3.8, 4) is 0 Å². The van der Waals surface area contributed by atoms with Crippen molar-refractivity contribution >= 4 is 17.4 Å². The highest BCUT2D eigenvalue weighted by atomic mass is 16.1. The summed E-state index contributed by atoms with van der Waals surface area (Å²) in [7, 11) is 0.